The zero-order chi connectivity index (χ0) is 21.8. The van der Waals surface area contributed by atoms with E-state index in [4.69, 9.17) is 11.6 Å². The van der Waals surface area contributed by atoms with E-state index >= 15 is 0 Å². The number of ketones is 2. The van der Waals surface area contributed by atoms with Gasteiger partial charge < -0.3 is 5.32 Å². The van der Waals surface area contributed by atoms with E-state index in [2.05, 4.69) is 15.3 Å². The summed E-state index contributed by atoms with van der Waals surface area (Å²) in [5, 5.41) is 2.64. The molecule has 0 radical (unpaired) electrons. The minimum atomic E-state index is -0.881. The Bertz CT molecular complexity index is 998. The average Bonchev–Trinajstić information content (AvgIpc) is 2.96. The van der Waals surface area contributed by atoms with Crippen LogP contribution in [-0.2, 0) is 14.4 Å². The molecule has 1 N–H and O–H groups in total. The van der Waals surface area contributed by atoms with Crippen LogP contribution in [0.4, 0.5) is 4.39 Å². The van der Waals surface area contributed by atoms with E-state index in [-0.39, 0.29) is 36.9 Å². The SMILES string of the molecule is Cc1cc(-c2ncc(F)cn2)cc(C)c1C1C(=O)CC(CC(=O)NC/C=C/Cl)C1=O. The number of nitrogens with zero attached hydrogens (tertiary/aromatic N) is 2. The molecule has 1 fully saturated rings. The fourth-order valence-corrected chi connectivity index (χ4v) is 3.95. The first kappa shape index (κ1) is 21.8. The van der Waals surface area contributed by atoms with Crippen molar-refractivity contribution < 1.29 is 18.8 Å². The van der Waals surface area contributed by atoms with Crippen molar-refractivity contribution >= 4 is 29.1 Å². The van der Waals surface area contributed by atoms with Crippen molar-refractivity contribution in [3.8, 4) is 11.4 Å². The third-order valence-corrected chi connectivity index (χ3v) is 5.33. The van der Waals surface area contributed by atoms with E-state index in [0.29, 0.717) is 17.0 Å². The van der Waals surface area contributed by atoms with Gasteiger partial charge in [0.1, 0.15) is 11.7 Å². The molecule has 0 saturated heterocycles. The normalized spacial score (nSPS) is 18.9. The summed E-state index contributed by atoms with van der Waals surface area (Å²) >= 11 is 5.42. The monoisotopic (exact) mass is 429 g/mol. The molecular weight excluding hydrogens is 409 g/mol. The number of aromatic nitrogens is 2. The Kier molecular flexibility index (Phi) is 6.72. The molecule has 1 aromatic heterocycles. The topological polar surface area (TPSA) is 89.0 Å². The number of nitrogens with one attached hydrogen (secondary N) is 1. The zero-order valence-electron chi connectivity index (χ0n) is 16.6. The molecule has 1 aliphatic carbocycles. The van der Waals surface area contributed by atoms with Crippen LogP contribution in [-0.4, -0.2) is 34.0 Å². The number of hydrogen-bond acceptors (Lipinski definition) is 5. The first-order chi connectivity index (χ1) is 14.3. The number of carbonyl (C=O) groups excluding carboxylic acids is 3. The molecule has 0 aliphatic heterocycles. The Hall–Kier alpha value is -2.93. The van der Waals surface area contributed by atoms with Gasteiger partial charge in [-0.2, -0.15) is 0 Å². The van der Waals surface area contributed by atoms with Crippen LogP contribution in [0.1, 0.15) is 35.4 Å². The van der Waals surface area contributed by atoms with Crippen molar-refractivity contribution in [2.75, 3.05) is 6.54 Å². The number of aryl methyl sites for hydroxylation is 2. The van der Waals surface area contributed by atoms with Gasteiger partial charge in [-0.25, -0.2) is 14.4 Å². The predicted molar refractivity (Wildman–Crippen MR) is 110 cm³/mol. The summed E-state index contributed by atoms with van der Waals surface area (Å²) in [4.78, 5) is 45.7. The summed E-state index contributed by atoms with van der Waals surface area (Å²) in [5.74, 6) is -2.40. The Labute approximate surface area is 178 Å². The summed E-state index contributed by atoms with van der Waals surface area (Å²) in [5.41, 5.74) is 4.13. The highest BCUT2D eigenvalue weighted by Gasteiger charge is 2.43. The minimum Gasteiger partial charge on any atom is -0.353 e. The molecule has 1 aliphatic rings. The lowest BCUT2D eigenvalue weighted by atomic mass is 9.86. The number of benzene rings is 1. The highest BCUT2D eigenvalue weighted by Crippen LogP contribution is 2.38. The standard InChI is InChI=1S/C22H21ClFN3O3/c1-12-6-15(22-26-10-16(24)11-27-22)7-13(2)19(12)20-17(28)8-14(21(20)30)9-18(29)25-5-3-4-23/h3-4,6-7,10-11,14,20H,5,8-9H2,1-2H3,(H,25,29)/b4-3+. The summed E-state index contributed by atoms with van der Waals surface area (Å²) in [6.07, 6.45) is 3.76. The van der Waals surface area contributed by atoms with Crippen LogP contribution in [0.15, 0.2) is 36.1 Å². The van der Waals surface area contributed by atoms with Gasteiger partial charge >= 0.3 is 0 Å². The number of Topliss-reactive ketones (excluding diaryl/α,β-unsaturated/α-hetero) is 2. The van der Waals surface area contributed by atoms with Crippen molar-refractivity contribution in [3.05, 3.63) is 58.6 Å². The molecule has 8 heteroatoms. The predicted octanol–water partition coefficient (Wildman–Crippen LogP) is 3.40. The number of halogens is 2. The summed E-state index contributed by atoms with van der Waals surface area (Å²) in [7, 11) is 0. The van der Waals surface area contributed by atoms with E-state index < -0.39 is 17.7 Å². The minimum absolute atomic E-state index is 0.0310. The third kappa shape index (κ3) is 4.62. The van der Waals surface area contributed by atoms with Crippen LogP contribution in [0.3, 0.4) is 0 Å². The smallest absolute Gasteiger partial charge is 0.220 e. The fourth-order valence-electron chi connectivity index (χ4n) is 3.87. The second-order valence-corrected chi connectivity index (χ2v) is 7.57. The largest absolute Gasteiger partial charge is 0.353 e. The summed E-state index contributed by atoms with van der Waals surface area (Å²) < 4.78 is 13.1. The molecule has 30 heavy (non-hydrogen) atoms. The molecule has 3 rings (SSSR count). The Balaban J connectivity index is 1.83. The van der Waals surface area contributed by atoms with Gasteiger partial charge in [-0.1, -0.05) is 17.7 Å². The van der Waals surface area contributed by atoms with E-state index in [9.17, 15) is 18.8 Å². The fraction of sp³-hybridized carbons (Fsp3) is 0.318. The second-order valence-electron chi connectivity index (χ2n) is 7.32. The van der Waals surface area contributed by atoms with Crippen LogP contribution in [0.25, 0.3) is 11.4 Å². The van der Waals surface area contributed by atoms with Gasteiger partial charge in [0.15, 0.2) is 17.4 Å². The first-order valence-corrected chi connectivity index (χ1v) is 9.93. The van der Waals surface area contributed by atoms with Crippen LogP contribution >= 0.6 is 11.6 Å². The van der Waals surface area contributed by atoms with Gasteiger partial charge in [-0.3, -0.25) is 14.4 Å². The molecule has 156 valence electrons. The average molecular weight is 430 g/mol. The van der Waals surface area contributed by atoms with Crippen LogP contribution in [0.5, 0.6) is 0 Å². The zero-order valence-corrected chi connectivity index (χ0v) is 17.4. The first-order valence-electron chi connectivity index (χ1n) is 9.49. The Morgan fingerprint density at radius 2 is 1.87 bits per heavy atom. The van der Waals surface area contributed by atoms with Crippen molar-refractivity contribution in [3.63, 3.8) is 0 Å². The molecular formula is C22H21ClFN3O3. The number of carbonyl (C=O) groups is 3. The number of amides is 1. The molecule has 0 spiro atoms. The molecule has 2 atom stereocenters. The molecule has 2 aromatic rings. The molecule has 1 saturated carbocycles. The lowest BCUT2D eigenvalue weighted by Crippen LogP contribution is -2.27. The molecule has 2 unspecified atom stereocenters. The van der Waals surface area contributed by atoms with Crippen LogP contribution in [0.2, 0.25) is 0 Å². The van der Waals surface area contributed by atoms with E-state index in [0.717, 1.165) is 23.5 Å². The maximum atomic E-state index is 13.1. The van der Waals surface area contributed by atoms with Gasteiger partial charge in [0.2, 0.25) is 5.91 Å². The van der Waals surface area contributed by atoms with Crippen molar-refractivity contribution in [2.24, 2.45) is 5.92 Å². The van der Waals surface area contributed by atoms with Gasteiger partial charge in [-0.05, 0) is 42.7 Å². The highest BCUT2D eigenvalue weighted by molar-refractivity contribution is 6.25. The second kappa shape index (κ2) is 9.26. The maximum Gasteiger partial charge on any atom is 0.220 e. The van der Waals surface area contributed by atoms with E-state index in [1.54, 1.807) is 18.2 Å². The summed E-state index contributed by atoms with van der Waals surface area (Å²) in [6.45, 7) is 3.90. The van der Waals surface area contributed by atoms with E-state index in [1.807, 2.05) is 13.8 Å². The van der Waals surface area contributed by atoms with Crippen molar-refractivity contribution in [2.45, 2.75) is 32.6 Å². The molecule has 1 heterocycles. The van der Waals surface area contributed by atoms with Gasteiger partial charge in [0, 0.05) is 36.4 Å². The number of rotatable bonds is 6. The third-order valence-electron chi connectivity index (χ3n) is 5.16. The molecule has 6 nitrogen and oxygen atoms in total. The molecule has 0 bridgehead atoms. The van der Waals surface area contributed by atoms with Crippen LogP contribution < -0.4 is 5.32 Å². The van der Waals surface area contributed by atoms with Crippen LogP contribution in [0, 0.1) is 25.6 Å². The number of hydrogen-bond donors (Lipinski definition) is 1. The van der Waals surface area contributed by atoms with Gasteiger partial charge in [0.05, 0.1) is 12.4 Å². The maximum absolute atomic E-state index is 13.1. The summed E-state index contributed by atoms with van der Waals surface area (Å²) in [6, 6.07) is 3.57. The Morgan fingerprint density at radius 3 is 2.47 bits per heavy atom. The van der Waals surface area contributed by atoms with Crippen molar-refractivity contribution in [1.29, 1.82) is 0 Å². The van der Waals surface area contributed by atoms with Gasteiger partial charge in [0.25, 0.3) is 0 Å². The lowest BCUT2D eigenvalue weighted by molar-refractivity contribution is -0.128. The Morgan fingerprint density at radius 1 is 1.23 bits per heavy atom. The molecule has 1 amide bonds. The van der Waals surface area contributed by atoms with Crippen molar-refractivity contribution in [1.82, 2.24) is 15.3 Å². The molecule has 1 aromatic carbocycles. The highest BCUT2D eigenvalue weighted by atomic mass is 35.5. The lowest BCUT2D eigenvalue weighted by Gasteiger charge is -2.17. The van der Waals surface area contributed by atoms with Gasteiger partial charge in [-0.15, -0.1) is 0 Å². The van der Waals surface area contributed by atoms with E-state index in [1.165, 1.54) is 5.54 Å². The quantitative estimate of drug-likeness (QED) is 0.711.